The lowest BCUT2D eigenvalue weighted by Gasteiger charge is -2.15. The summed E-state index contributed by atoms with van der Waals surface area (Å²) in [7, 11) is 1.43. The summed E-state index contributed by atoms with van der Waals surface area (Å²) < 4.78 is 18.3. The van der Waals surface area contributed by atoms with Crippen molar-refractivity contribution < 1.29 is 19.0 Å². The largest absolute Gasteiger partial charge is 0.494 e. The van der Waals surface area contributed by atoms with Crippen molar-refractivity contribution in [3.05, 3.63) is 29.6 Å². The SMILES string of the molecule is COc1ccc(CN2CCC(C(=O)O)C2)cc1F. The van der Waals surface area contributed by atoms with E-state index in [2.05, 4.69) is 0 Å². The molecule has 1 aliphatic rings. The molecule has 1 unspecified atom stereocenters. The van der Waals surface area contributed by atoms with Crippen molar-refractivity contribution in [2.45, 2.75) is 13.0 Å². The topological polar surface area (TPSA) is 49.8 Å². The molecule has 1 N–H and O–H groups in total. The number of carbonyl (C=O) groups is 1. The molecule has 5 heteroatoms. The molecule has 1 atom stereocenters. The first-order chi connectivity index (χ1) is 8.60. The van der Waals surface area contributed by atoms with Crippen molar-refractivity contribution in [2.75, 3.05) is 20.2 Å². The van der Waals surface area contributed by atoms with Crippen molar-refractivity contribution in [3.8, 4) is 5.75 Å². The van der Waals surface area contributed by atoms with Crippen LogP contribution in [0.15, 0.2) is 18.2 Å². The lowest BCUT2D eigenvalue weighted by Crippen LogP contribution is -2.22. The van der Waals surface area contributed by atoms with Gasteiger partial charge >= 0.3 is 5.97 Å². The number of carboxylic acids is 1. The van der Waals surface area contributed by atoms with Gasteiger partial charge in [0.2, 0.25) is 0 Å². The molecule has 0 bridgehead atoms. The van der Waals surface area contributed by atoms with Gasteiger partial charge in [-0.25, -0.2) is 4.39 Å². The van der Waals surface area contributed by atoms with Crippen LogP contribution in [0, 0.1) is 11.7 Å². The maximum atomic E-state index is 13.5. The summed E-state index contributed by atoms with van der Waals surface area (Å²) in [6.07, 6.45) is 0.661. The number of carboxylic acid groups (broad SMARTS) is 1. The number of aliphatic carboxylic acids is 1. The van der Waals surface area contributed by atoms with E-state index in [0.29, 0.717) is 19.5 Å². The van der Waals surface area contributed by atoms with E-state index in [1.165, 1.54) is 13.2 Å². The Bertz CT molecular complexity index is 450. The van der Waals surface area contributed by atoms with Crippen molar-refractivity contribution >= 4 is 5.97 Å². The molecule has 1 aromatic rings. The van der Waals surface area contributed by atoms with Gasteiger partial charge in [-0.2, -0.15) is 0 Å². The number of likely N-dealkylation sites (tertiary alicyclic amines) is 1. The van der Waals surface area contributed by atoms with E-state index >= 15 is 0 Å². The molecule has 4 nitrogen and oxygen atoms in total. The lowest BCUT2D eigenvalue weighted by atomic mass is 10.1. The maximum absolute atomic E-state index is 13.5. The van der Waals surface area contributed by atoms with Crippen LogP contribution in [0.4, 0.5) is 4.39 Å². The summed E-state index contributed by atoms with van der Waals surface area (Å²) in [5.41, 5.74) is 0.833. The third kappa shape index (κ3) is 2.79. The number of nitrogens with zero attached hydrogens (tertiary/aromatic N) is 1. The van der Waals surface area contributed by atoms with Crippen LogP contribution >= 0.6 is 0 Å². The van der Waals surface area contributed by atoms with Gasteiger partial charge in [0.05, 0.1) is 13.0 Å². The fraction of sp³-hybridized carbons (Fsp3) is 0.462. The fourth-order valence-corrected chi connectivity index (χ4v) is 2.24. The number of hydrogen-bond acceptors (Lipinski definition) is 3. The van der Waals surface area contributed by atoms with Gasteiger partial charge in [0.25, 0.3) is 0 Å². The highest BCUT2D eigenvalue weighted by molar-refractivity contribution is 5.70. The minimum atomic E-state index is -0.751. The minimum Gasteiger partial charge on any atom is -0.494 e. The third-order valence-corrected chi connectivity index (χ3v) is 3.24. The standard InChI is InChI=1S/C13H16FNO3/c1-18-12-3-2-9(6-11(12)14)7-15-5-4-10(8-15)13(16)17/h2-3,6,10H,4-5,7-8H2,1H3,(H,16,17). The van der Waals surface area contributed by atoms with Gasteiger partial charge in [-0.1, -0.05) is 6.07 Å². The molecule has 0 saturated carbocycles. The van der Waals surface area contributed by atoms with E-state index in [4.69, 9.17) is 9.84 Å². The zero-order valence-electron chi connectivity index (χ0n) is 10.2. The highest BCUT2D eigenvalue weighted by atomic mass is 19.1. The highest BCUT2D eigenvalue weighted by Crippen LogP contribution is 2.22. The number of ether oxygens (including phenoxy) is 1. The molecule has 98 valence electrons. The van der Waals surface area contributed by atoms with Crippen molar-refractivity contribution in [1.82, 2.24) is 4.90 Å². The maximum Gasteiger partial charge on any atom is 0.307 e. The normalized spacial score (nSPS) is 20.0. The van der Waals surface area contributed by atoms with Crippen LogP contribution in [0.5, 0.6) is 5.75 Å². The molecular weight excluding hydrogens is 237 g/mol. The Balaban J connectivity index is 1.98. The van der Waals surface area contributed by atoms with E-state index in [0.717, 1.165) is 12.1 Å². The molecule has 0 aromatic heterocycles. The summed E-state index contributed by atoms with van der Waals surface area (Å²) in [5.74, 6) is -1.21. The van der Waals surface area contributed by atoms with Crippen molar-refractivity contribution in [1.29, 1.82) is 0 Å². The van der Waals surface area contributed by atoms with Gasteiger partial charge in [-0.3, -0.25) is 9.69 Å². The molecular formula is C13H16FNO3. The number of methoxy groups -OCH3 is 1. The summed E-state index contributed by atoms with van der Waals surface area (Å²) in [6.45, 7) is 1.85. The van der Waals surface area contributed by atoms with E-state index < -0.39 is 5.97 Å². The van der Waals surface area contributed by atoms with E-state index in [-0.39, 0.29) is 17.5 Å². The Morgan fingerprint density at radius 1 is 1.61 bits per heavy atom. The molecule has 0 amide bonds. The molecule has 2 rings (SSSR count). The molecule has 1 aromatic carbocycles. The van der Waals surface area contributed by atoms with Crippen LogP contribution in [0.2, 0.25) is 0 Å². The first-order valence-electron chi connectivity index (χ1n) is 5.87. The second kappa shape index (κ2) is 5.35. The minimum absolute atomic E-state index is 0.226. The average molecular weight is 253 g/mol. The summed E-state index contributed by atoms with van der Waals surface area (Å²) in [6, 6.07) is 4.83. The zero-order chi connectivity index (χ0) is 13.1. The van der Waals surface area contributed by atoms with Crippen LogP contribution in [0.1, 0.15) is 12.0 Å². The van der Waals surface area contributed by atoms with Crippen LogP contribution in [-0.4, -0.2) is 36.2 Å². The smallest absolute Gasteiger partial charge is 0.307 e. The molecule has 1 heterocycles. The molecule has 0 radical (unpaired) electrons. The molecule has 1 fully saturated rings. The third-order valence-electron chi connectivity index (χ3n) is 3.24. The summed E-state index contributed by atoms with van der Waals surface area (Å²) in [4.78, 5) is 12.9. The monoisotopic (exact) mass is 253 g/mol. The molecule has 0 aliphatic carbocycles. The van der Waals surface area contributed by atoms with E-state index in [1.807, 2.05) is 4.90 Å². The van der Waals surface area contributed by atoms with Crippen LogP contribution in [0.3, 0.4) is 0 Å². The molecule has 18 heavy (non-hydrogen) atoms. The van der Waals surface area contributed by atoms with Crippen molar-refractivity contribution in [2.24, 2.45) is 5.92 Å². The number of benzene rings is 1. The second-order valence-corrected chi connectivity index (χ2v) is 4.53. The van der Waals surface area contributed by atoms with Crippen molar-refractivity contribution in [3.63, 3.8) is 0 Å². The fourth-order valence-electron chi connectivity index (χ4n) is 2.24. The van der Waals surface area contributed by atoms with E-state index in [1.54, 1.807) is 12.1 Å². The van der Waals surface area contributed by atoms with Crippen LogP contribution < -0.4 is 4.74 Å². The Labute approximate surface area is 105 Å². The van der Waals surface area contributed by atoms with Gasteiger partial charge in [0.15, 0.2) is 11.6 Å². The predicted molar refractivity (Wildman–Crippen MR) is 64.0 cm³/mol. The zero-order valence-corrected chi connectivity index (χ0v) is 10.2. The quantitative estimate of drug-likeness (QED) is 0.888. The second-order valence-electron chi connectivity index (χ2n) is 4.53. The van der Waals surface area contributed by atoms with Gasteiger partial charge in [-0.15, -0.1) is 0 Å². The van der Waals surface area contributed by atoms with E-state index in [9.17, 15) is 9.18 Å². The molecule has 1 aliphatic heterocycles. The van der Waals surface area contributed by atoms with Crippen LogP contribution in [-0.2, 0) is 11.3 Å². The average Bonchev–Trinajstić information content (AvgIpc) is 2.78. The number of hydrogen-bond donors (Lipinski definition) is 1. The molecule has 0 spiro atoms. The first-order valence-corrected chi connectivity index (χ1v) is 5.87. The number of halogens is 1. The predicted octanol–water partition coefficient (Wildman–Crippen LogP) is 1.74. The summed E-state index contributed by atoms with van der Waals surface area (Å²) in [5, 5.41) is 8.91. The van der Waals surface area contributed by atoms with Gasteiger partial charge < -0.3 is 9.84 Å². The number of rotatable bonds is 4. The Morgan fingerprint density at radius 3 is 2.94 bits per heavy atom. The Hall–Kier alpha value is -1.62. The highest BCUT2D eigenvalue weighted by Gasteiger charge is 2.27. The summed E-state index contributed by atoms with van der Waals surface area (Å²) >= 11 is 0. The lowest BCUT2D eigenvalue weighted by molar-refractivity contribution is -0.141. The van der Waals surface area contributed by atoms with Gasteiger partial charge in [-0.05, 0) is 30.7 Å². The van der Waals surface area contributed by atoms with Gasteiger partial charge in [0.1, 0.15) is 0 Å². The van der Waals surface area contributed by atoms with Gasteiger partial charge in [0, 0.05) is 13.1 Å². The molecule has 1 saturated heterocycles. The Kier molecular flexibility index (Phi) is 3.81. The first kappa shape index (κ1) is 12.8. The van der Waals surface area contributed by atoms with Crippen LogP contribution in [0.25, 0.3) is 0 Å². The Morgan fingerprint density at radius 2 is 2.39 bits per heavy atom.